The third kappa shape index (κ3) is 3.53. The SMILES string of the molecule is CN[C@@H]1CCCC[C@H]1n1nc2c3ccccc3n(Cc3ccc(-n4cccn4)cc3)cc-2c1=O. The van der Waals surface area contributed by atoms with E-state index in [1.165, 1.54) is 6.42 Å². The smallest absolute Gasteiger partial charge is 0.278 e. The second-order valence-electron chi connectivity index (χ2n) is 9.15. The number of para-hydroxylation sites is 1. The van der Waals surface area contributed by atoms with Gasteiger partial charge in [-0.25, -0.2) is 9.36 Å². The first-order chi connectivity index (χ1) is 16.7. The number of likely N-dealkylation sites (N-methyl/N-ethyl adjacent to an activating group) is 1. The van der Waals surface area contributed by atoms with E-state index in [0.717, 1.165) is 47.1 Å². The number of nitrogens with zero attached hydrogens (tertiary/aromatic N) is 5. The van der Waals surface area contributed by atoms with Gasteiger partial charge in [0.2, 0.25) is 0 Å². The summed E-state index contributed by atoms with van der Waals surface area (Å²) in [6.07, 6.45) is 10.1. The highest BCUT2D eigenvalue weighted by molar-refractivity contribution is 5.93. The molecule has 6 rings (SSSR count). The van der Waals surface area contributed by atoms with E-state index in [1.54, 1.807) is 10.9 Å². The fourth-order valence-corrected chi connectivity index (χ4v) is 5.37. The van der Waals surface area contributed by atoms with Gasteiger partial charge >= 0.3 is 0 Å². The van der Waals surface area contributed by atoms with Crippen molar-refractivity contribution in [3.8, 4) is 16.9 Å². The Bertz CT molecular complexity index is 1450. The van der Waals surface area contributed by atoms with Crippen LogP contribution < -0.4 is 10.9 Å². The van der Waals surface area contributed by atoms with Crippen molar-refractivity contribution in [2.45, 2.75) is 44.3 Å². The van der Waals surface area contributed by atoms with E-state index in [4.69, 9.17) is 5.10 Å². The molecule has 2 aromatic carbocycles. The number of aromatic nitrogens is 5. The minimum absolute atomic E-state index is 0.00989. The maximum Gasteiger partial charge on any atom is 0.278 e. The average Bonchev–Trinajstić information content (AvgIpc) is 3.54. The van der Waals surface area contributed by atoms with Crippen LogP contribution in [0.1, 0.15) is 37.3 Å². The summed E-state index contributed by atoms with van der Waals surface area (Å²) in [6, 6.07) is 18.9. The van der Waals surface area contributed by atoms with E-state index in [1.807, 2.05) is 42.3 Å². The number of nitrogens with one attached hydrogen (secondary N) is 1. The van der Waals surface area contributed by atoms with Crippen molar-refractivity contribution in [1.82, 2.24) is 29.4 Å². The highest BCUT2D eigenvalue weighted by Gasteiger charge is 2.30. The van der Waals surface area contributed by atoms with Crippen LogP contribution in [0, 0.1) is 0 Å². The molecule has 3 aromatic rings. The summed E-state index contributed by atoms with van der Waals surface area (Å²) in [6.45, 7) is 0.670. The molecule has 1 aromatic heterocycles. The Morgan fingerprint density at radius 1 is 1.03 bits per heavy atom. The molecule has 3 heterocycles. The second kappa shape index (κ2) is 8.57. The van der Waals surface area contributed by atoms with Crippen LogP contribution in [-0.4, -0.2) is 37.2 Å². The fourth-order valence-electron chi connectivity index (χ4n) is 5.37. The van der Waals surface area contributed by atoms with Crippen molar-refractivity contribution in [3.05, 3.63) is 89.1 Å². The number of rotatable bonds is 5. The summed E-state index contributed by atoms with van der Waals surface area (Å²) in [4.78, 5) is 13.6. The Labute approximate surface area is 198 Å². The van der Waals surface area contributed by atoms with Crippen LogP contribution in [0.2, 0.25) is 0 Å². The molecular formula is C27H28N6O. The summed E-state index contributed by atoms with van der Waals surface area (Å²) in [7, 11) is 1.98. The molecule has 0 saturated heterocycles. The molecule has 1 fully saturated rings. The van der Waals surface area contributed by atoms with Crippen molar-refractivity contribution < 1.29 is 0 Å². The molecule has 2 aliphatic heterocycles. The van der Waals surface area contributed by atoms with E-state index in [0.29, 0.717) is 12.1 Å². The Kier molecular flexibility index (Phi) is 5.26. The van der Waals surface area contributed by atoms with E-state index in [2.05, 4.69) is 51.4 Å². The maximum atomic E-state index is 13.6. The molecule has 1 aliphatic carbocycles. The third-order valence-electron chi connectivity index (χ3n) is 7.13. The van der Waals surface area contributed by atoms with Crippen LogP contribution in [0.25, 0.3) is 27.8 Å². The van der Waals surface area contributed by atoms with Crippen LogP contribution in [0.3, 0.4) is 0 Å². The predicted octanol–water partition coefficient (Wildman–Crippen LogP) is 4.24. The zero-order chi connectivity index (χ0) is 23.1. The number of hydrogen-bond donors (Lipinski definition) is 1. The van der Waals surface area contributed by atoms with Crippen LogP contribution in [0.4, 0.5) is 0 Å². The van der Waals surface area contributed by atoms with Crippen molar-refractivity contribution in [2.24, 2.45) is 0 Å². The molecule has 34 heavy (non-hydrogen) atoms. The van der Waals surface area contributed by atoms with Crippen LogP contribution in [0.15, 0.2) is 78.0 Å². The average molecular weight is 453 g/mol. The zero-order valence-corrected chi connectivity index (χ0v) is 19.3. The first kappa shape index (κ1) is 20.9. The van der Waals surface area contributed by atoms with Crippen LogP contribution in [0.5, 0.6) is 0 Å². The highest BCUT2D eigenvalue weighted by atomic mass is 16.1. The lowest BCUT2D eigenvalue weighted by Gasteiger charge is -2.30. The fraction of sp³-hybridized carbons (Fsp3) is 0.296. The standard InChI is InChI=1S/C27H28N6O/c1-28-23-8-3-5-10-25(23)33-27(34)22-18-31(24-9-4-2-7-21(24)26(22)30-33)17-19-11-13-20(14-12-19)32-16-6-15-29-32/h2,4,6-7,9,11-16,18,23,25,28H,3,5,8,10,17H2,1H3/t23-,25-/m1/s1. The van der Waals surface area contributed by atoms with Gasteiger partial charge in [-0.2, -0.15) is 10.2 Å². The van der Waals surface area contributed by atoms with Gasteiger partial charge in [-0.1, -0.05) is 43.2 Å². The minimum Gasteiger partial charge on any atom is -0.342 e. The van der Waals surface area contributed by atoms with E-state index < -0.39 is 0 Å². The number of fused-ring (bicyclic) bond motifs is 3. The molecular weight excluding hydrogens is 424 g/mol. The lowest BCUT2D eigenvalue weighted by atomic mass is 9.90. The van der Waals surface area contributed by atoms with Crippen molar-refractivity contribution in [1.29, 1.82) is 0 Å². The Morgan fingerprint density at radius 2 is 1.85 bits per heavy atom. The van der Waals surface area contributed by atoms with Gasteiger partial charge < -0.3 is 9.88 Å². The molecule has 0 spiro atoms. The highest BCUT2D eigenvalue weighted by Crippen LogP contribution is 2.32. The van der Waals surface area contributed by atoms with Crippen molar-refractivity contribution in [3.63, 3.8) is 0 Å². The summed E-state index contributed by atoms with van der Waals surface area (Å²) in [5, 5.41) is 13.6. The maximum absolute atomic E-state index is 13.6. The predicted molar refractivity (Wildman–Crippen MR) is 134 cm³/mol. The molecule has 7 nitrogen and oxygen atoms in total. The minimum atomic E-state index is 0.00989. The van der Waals surface area contributed by atoms with Gasteiger partial charge in [0.1, 0.15) is 5.69 Å². The van der Waals surface area contributed by atoms with Gasteiger partial charge in [0.15, 0.2) is 0 Å². The molecule has 3 aliphatic rings. The zero-order valence-electron chi connectivity index (χ0n) is 19.3. The van der Waals surface area contributed by atoms with Crippen molar-refractivity contribution in [2.75, 3.05) is 7.05 Å². The van der Waals surface area contributed by atoms with Crippen molar-refractivity contribution >= 4 is 10.9 Å². The van der Waals surface area contributed by atoms with Gasteiger partial charge in [0.05, 0.1) is 22.8 Å². The molecule has 0 unspecified atom stereocenters. The quantitative estimate of drug-likeness (QED) is 0.433. The first-order valence-corrected chi connectivity index (χ1v) is 12.0. The van der Waals surface area contributed by atoms with E-state index in [-0.39, 0.29) is 17.6 Å². The molecule has 2 atom stereocenters. The van der Waals surface area contributed by atoms with Crippen LogP contribution in [-0.2, 0) is 6.54 Å². The Balaban J connectivity index is 1.43. The van der Waals surface area contributed by atoms with Gasteiger partial charge in [-0.3, -0.25) is 4.79 Å². The summed E-state index contributed by atoms with van der Waals surface area (Å²) in [5.74, 6) is 0. The first-order valence-electron chi connectivity index (χ1n) is 12.0. The lowest BCUT2D eigenvalue weighted by molar-refractivity contribution is 0.253. The van der Waals surface area contributed by atoms with E-state index >= 15 is 0 Å². The summed E-state index contributed by atoms with van der Waals surface area (Å²) in [5.41, 5.74) is 4.75. The molecule has 0 bridgehead atoms. The summed E-state index contributed by atoms with van der Waals surface area (Å²) >= 11 is 0. The largest absolute Gasteiger partial charge is 0.342 e. The molecule has 0 radical (unpaired) electrons. The van der Waals surface area contributed by atoms with Crippen LogP contribution >= 0.6 is 0 Å². The Morgan fingerprint density at radius 3 is 2.65 bits per heavy atom. The molecule has 172 valence electrons. The lowest BCUT2D eigenvalue weighted by Crippen LogP contribution is -2.41. The molecule has 1 saturated carbocycles. The normalized spacial score (nSPS) is 18.6. The second-order valence-corrected chi connectivity index (χ2v) is 9.15. The monoisotopic (exact) mass is 452 g/mol. The molecule has 0 amide bonds. The van der Waals surface area contributed by atoms with Gasteiger partial charge in [0.25, 0.3) is 5.56 Å². The van der Waals surface area contributed by atoms with Gasteiger partial charge in [-0.05, 0) is 49.7 Å². The summed E-state index contributed by atoms with van der Waals surface area (Å²) < 4.78 is 5.77. The van der Waals surface area contributed by atoms with Gasteiger partial charge in [-0.15, -0.1) is 0 Å². The van der Waals surface area contributed by atoms with E-state index in [9.17, 15) is 4.79 Å². The third-order valence-corrected chi connectivity index (χ3v) is 7.13. The Hall–Kier alpha value is -3.71. The number of benzene rings is 2. The van der Waals surface area contributed by atoms with Gasteiger partial charge in [0, 0.05) is 36.6 Å². The number of pyridine rings is 1. The topological polar surface area (TPSA) is 69.7 Å². The molecule has 1 N–H and O–H groups in total. The number of hydrogen-bond acceptors (Lipinski definition) is 4. The molecule has 7 heteroatoms.